The number of para-hydroxylation sites is 1. The second kappa shape index (κ2) is 6.97. The number of rotatable bonds is 6. The lowest BCUT2D eigenvalue weighted by Gasteiger charge is -2.10. The van der Waals surface area contributed by atoms with Crippen LogP contribution in [-0.4, -0.2) is 36.9 Å². The fourth-order valence-corrected chi connectivity index (χ4v) is 5.48. The van der Waals surface area contributed by atoms with Crippen molar-refractivity contribution >= 4 is 37.3 Å². The van der Waals surface area contributed by atoms with Crippen molar-refractivity contribution < 1.29 is 13.2 Å². The molecule has 0 saturated carbocycles. The van der Waals surface area contributed by atoms with Crippen LogP contribution in [0.5, 0.6) is 0 Å². The van der Waals surface area contributed by atoms with Gasteiger partial charge in [0, 0.05) is 12.5 Å². The van der Waals surface area contributed by atoms with E-state index in [9.17, 15) is 13.2 Å². The van der Waals surface area contributed by atoms with E-state index in [1.807, 2.05) is 18.2 Å². The summed E-state index contributed by atoms with van der Waals surface area (Å²) in [5.74, 6) is 0.233. The van der Waals surface area contributed by atoms with Crippen molar-refractivity contribution in [3.05, 3.63) is 29.3 Å². The van der Waals surface area contributed by atoms with E-state index in [1.165, 1.54) is 4.70 Å². The van der Waals surface area contributed by atoms with Gasteiger partial charge < -0.3 is 5.32 Å². The molecular formula is C16H20N2O3S2. The molecule has 124 valence electrons. The Balaban J connectivity index is 1.38. The zero-order valence-electron chi connectivity index (χ0n) is 12.8. The number of sulfone groups is 1. The number of hydrogen-bond donors (Lipinski definition) is 1. The topological polar surface area (TPSA) is 76.1 Å². The van der Waals surface area contributed by atoms with E-state index in [-0.39, 0.29) is 23.5 Å². The minimum Gasteiger partial charge on any atom is -0.352 e. The first-order valence-corrected chi connectivity index (χ1v) is 10.5. The van der Waals surface area contributed by atoms with Crippen LogP contribution in [-0.2, 0) is 21.1 Å². The van der Waals surface area contributed by atoms with Crippen LogP contribution in [0.4, 0.5) is 0 Å². The number of amides is 1. The molecule has 2 heterocycles. The highest BCUT2D eigenvalue weighted by Crippen LogP contribution is 2.22. The molecule has 1 fully saturated rings. The molecular weight excluding hydrogens is 332 g/mol. The highest BCUT2D eigenvalue weighted by molar-refractivity contribution is 7.91. The SMILES string of the molecule is O=C(CCCCc1nc2ccccc2s1)NC1CCS(=O)(=O)C1. The van der Waals surface area contributed by atoms with Crippen molar-refractivity contribution in [1.82, 2.24) is 10.3 Å². The molecule has 1 amide bonds. The predicted octanol–water partition coefficient (Wildman–Crippen LogP) is 2.31. The number of benzene rings is 1. The normalized spacial score (nSPS) is 19.9. The quantitative estimate of drug-likeness (QED) is 0.810. The molecule has 1 aromatic carbocycles. The first-order chi connectivity index (χ1) is 11.0. The van der Waals surface area contributed by atoms with E-state index in [4.69, 9.17) is 0 Å². The molecule has 1 aliphatic rings. The number of thiazole rings is 1. The Morgan fingerprint density at radius 3 is 2.87 bits per heavy atom. The van der Waals surface area contributed by atoms with Crippen LogP contribution in [0.1, 0.15) is 30.7 Å². The van der Waals surface area contributed by atoms with Gasteiger partial charge in [0.25, 0.3) is 0 Å². The van der Waals surface area contributed by atoms with E-state index in [0.717, 1.165) is 29.8 Å². The van der Waals surface area contributed by atoms with E-state index in [0.29, 0.717) is 12.8 Å². The van der Waals surface area contributed by atoms with Gasteiger partial charge in [0.05, 0.1) is 26.7 Å². The Morgan fingerprint density at radius 2 is 2.13 bits per heavy atom. The van der Waals surface area contributed by atoms with Crippen molar-refractivity contribution in [2.45, 2.75) is 38.1 Å². The highest BCUT2D eigenvalue weighted by Gasteiger charge is 2.28. The first-order valence-electron chi connectivity index (χ1n) is 7.86. The molecule has 1 N–H and O–H groups in total. The number of hydrogen-bond acceptors (Lipinski definition) is 5. The van der Waals surface area contributed by atoms with Crippen LogP contribution in [0.25, 0.3) is 10.2 Å². The van der Waals surface area contributed by atoms with Crippen LogP contribution in [0, 0.1) is 0 Å². The van der Waals surface area contributed by atoms with E-state index < -0.39 is 9.84 Å². The molecule has 1 saturated heterocycles. The van der Waals surface area contributed by atoms with Gasteiger partial charge in [-0.05, 0) is 37.8 Å². The van der Waals surface area contributed by atoms with Crippen LogP contribution in [0.2, 0.25) is 0 Å². The molecule has 1 atom stereocenters. The number of carbonyl (C=O) groups excluding carboxylic acids is 1. The second-order valence-electron chi connectivity index (χ2n) is 5.95. The number of fused-ring (bicyclic) bond motifs is 1. The average Bonchev–Trinajstić information content (AvgIpc) is 3.06. The number of aryl methyl sites for hydroxylation is 1. The number of carbonyl (C=O) groups is 1. The molecule has 1 unspecified atom stereocenters. The summed E-state index contributed by atoms with van der Waals surface area (Å²) >= 11 is 1.70. The van der Waals surface area contributed by atoms with Crippen LogP contribution in [0.3, 0.4) is 0 Å². The maximum atomic E-state index is 11.8. The number of nitrogens with one attached hydrogen (secondary N) is 1. The standard InChI is InChI=1S/C16H20N2O3S2/c19-15(17-12-9-10-23(20,21)11-12)7-3-4-8-16-18-13-5-1-2-6-14(13)22-16/h1-2,5-6,12H,3-4,7-11H2,(H,17,19). The summed E-state index contributed by atoms with van der Waals surface area (Å²) in [5, 5.41) is 3.93. The largest absolute Gasteiger partial charge is 0.352 e. The summed E-state index contributed by atoms with van der Waals surface area (Å²) in [6.07, 6.45) is 3.57. The minimum absolute atomic E-state index is 0.0450. The van der Waals surface area contributed by atoms with Crippen molar-refractivity contribution in [2.24, 2.45) is 0 Å². The Bertz CT molecular complexity index is 766. The maximum Gasteiger partial charge on any atom is 0.220 e. The van der Waals surface area contributed by atoms with Gasteiger partial charge in [-0.2, -0.15) is 0 Å². The molecule has 23 heavy (non-hydrogen) atoms. The third kappa shape index (κ3) is 4.51. The van der Waals surface area contributed by atoms with Gasteiger partial charge in [0.2, 0.25) is 5.91 Å². The third-order valence-electron chi connectivity index (χ3n) is 3.98. The number of unbranched alkanes of at least 4 members (excludes halogenated alkanes) is 1. The molecule has 2 aromatic rings. The number of nitrogens with zero attached hydrogens (tertiary/aromatic N) is 1. The van der Waals surface area contributed by atoms with Gasteiger partial charge in [-0.3, -0.25) is 4.79 Å². The van der Waals surface area contributed by atoms with Crippen LogP contribution in [0.15, 0.2) is 24.3 Å². The lowest BCUT2D eigenvalue weighted by atomic mass is 10.2. The minimum atomic E-state index is -2.94. The number of aromatic nitrogens is 1. The lowest BCUT2D eigenvalue weighted by molar-refractivity contribution is -0.121. The molecule has 1 aromatic heterocycles. The van der Waals surface area contributed by atoms with E-state index in [2.05, 4.69) is 16.4 Å². The molecule has 1 aliphatic heterocycles. The van der Waals surface area contributed by atoms with Gasteiger partial charge in [-0.1, -0.05) is 12.1 Å². The highest BCUT2D eigenvalue weighted by atomic mass is 32.2. The van der Waals surface area contributed by atoms with Crippen molar-refractivity contribution in [1.29, 1.82) is 0 Å². The summed E-state index contributed by atoms with van der Waals surface area (Å²) in [6, 6.07) is 7.88. The molecule has 3 rings (SSSR count). The van der Waals surface area contributed by atoms with Gasteiger partial charge in [-0.25, -0.2) is 13.4 Å². The summed E-state index contributed by atoms with van der Waals surface area (Å²) < 4.78 is 23.9. The van der Waals surface area contributed by atoms with Gasteiger partial charge in [0.15, 0.2) is 9.84 Å². The maximum absolute atomic E-state index is 11.8. The molecule has 7 heteroatoms. The summed E-state index contributed by atoms with van der Waals surface area (Å²) in [6.45, 7) is 0. The first kappa shape index (κ1) is 16.4. The summed E-state index contributed by atoms with van der Waals surface area (Å²) in [5.41, 5.74) is 1.03. The molecule has 0 radical (unpaired) electrons. The van der Waals surface area contributed by atoms with E-state index >= 15 is 0 Å². The van der Waals surface area contributed by atoms with Gasteiger partial charge in [-0.15, -0.1) is 11.3 Å². The zero-order chi connectivity index (χ0) is 16.3. The fourth-order valence-electron chi connectivity index (χ4n) is 2.80. The molecule has 0 spiro atoms. The monoisotopic (exact) mass is 352 g/mol. The Hall–Kier alpha value is -1.47. The van der Waals surface area contributed by atoms with Crippen molar-refractivity contribution in [2.75, 3.05) is 11.5 Å². The average molecular weight is 352 g/mol. The van der Waals surface area contributed by atoms with Gasteiger partial charge >= 0.3 is 0 Å². The Labute approximate surface area is 140 Å². The van der Waals surface area contributed by atoms with E-state index in [1.54, 1.807) is 11.3 Å². The predicted molar refractivity (Wildman–Crippen MR) is 92.4 cm³/mol. The van der Waals surface area contributed by atoms with Crippen LogP contribution < -0.4 is 5.32 Å². The summed E-state index contributed by atoms with van der Waals surface area (Å²) in [4.78, 5) is 16.4. The zero-order valence-corrected chi connectivity index (χ0v) is 14.5. The Kier molecular flexibility index (Phi) is 4.96. The third-order valence-corrected chi connectivity index (χ3v) is 6.84. The van der Waals surface area contributed by atoms with Crippen molar-refractivity contribution in [3.8, 4) is 0 Å². The Morgan fingerprint density at radius 1 is 1.30 bits per heavy atom. The lowest BCUT2D eigenvalue weighted by Crippen LogP contribution is -2.35. The van der Waals surface area contributed by atoms with Crippen LogP contribution >= 0.6 is 11.3 Å². The molecule has 0 bridgehead atoms. The molecule has 5 nitrogen and oxygen atoms in total. The van der Waals surface area contributed by atoms with Gasteiger partial charge in [0.1, 0.15) is 0 Å². The van der Waals surface area contributed by atoms with Crippen molar-refractivity contribution in [3.63, 3.8) is 0 Å². The smallest absolute Gasteiger partial charge is 0.220 e. The summed E-state index contributed by atoms with van der Waals surface area (Å²) in [7, 11) is -2.94. The molecule has 0 aliphatic carbocycles. The fraction of sp³-hybridized carbons (Fsp3) is 0.500. The second-order valence-corrected chi connectivity index (χ2v) is 9.29.